The third kappa shape index (κ3) is 0.807. The first-order valence-corrected chi connectivity index (χ1v) is 4.77. The van der Waals surface area contributed by atoms with Crippen LogP contribution in [0.3, 0.4) is 0 Å². The van der Waals surface area contributed by atoms with Crippen LogP contribution in [0.1, 0.15) is 33.6 Å². The van der Waals surface area contributed by atoms with Crippen LogP contribution in [0, 0.1) is 16.7 Å². The van der Waals surface area contributed by atoms with Gasteiger partial charge in [0, 0.05) is 6.54 Å². The monoisotopic (exact) mass is 153 g/mol. The standard InChI is InChI=1S/C10H19N/c1-9(2)8-4-5-10(9,3)7-11-6-8/h8,11H,4-7H2,1-3H3/t8?,10-/m0/s1. The van der Waals surface area contributed by atoms with Crippen LogP contribution in [0.5, 0.6) is 0 Å². The van der Waals surface area contributed by atoms with Gasteiger partial charge in [-0.25, -0.2) is 0 Å². The molecule has 2 fully saturated rings. The van der Waals surface area contributed by atoms with Crippen molar-refractivity contribution in [1.29, 1.82) is 0 Å². The Labute approximate surface area is 69.6 Å². The van der Waals surface area contributed by atoms with Gasteiger partial charge in [-0.2, -0.15) is 0 Å². The SMILES string of the molecule is CC1(C)C2CC[C@@]1(C)CNC2. The van der Waals surface area contributed by atoms with Crippen LogP contribution in [0.15, 0.2) is 0 Å². The molecular formula is C10H19N. The first-order valence-electron chi connectivity index (χ1n) is 4.77. The number of rotatable bonds is 0. The minimum absolute atomic E-state index is 0.579. The normalized spacial score (nSPS) is 47.7. The van der Waals surface area contributed by atoms with E-state index in [0.29, 0.717) is 10.8 Å². The molecule has 2 rings (SSSR count). The van der Waals surface area contributed by atoms with Gasteiger partial charge in [0.1, 0.15) is 0 Å². The van der Waals surface area contributed by atoms with Crippen molar-refractivity contribution >= 4 is 0 Å². The van der Waals surface area contributed by atoms with Gasteiger partial charge in [-0.3, -0.25) is 0 Å². The van der Waals surface area contributed by atoms with E-state index >= 15 is 0 Å². The maximum atomic E-state index is 3.54. The van der Waals surface area contributed by atoms with Gasteiger partial charge in [0.15, 0.2) is 0 Å². The van der Waals surface area contributed by atoms with Crippen LogP contribution in [0.25, 0.3) is 0 Å². The number of fused-ring (bicyclic) bond motifs is 2. The number of nitrogens with one attached hydrogen (secondary N) is 1. The molecule has 11 heavy (non-hydrogen) atoms. The molecule has 0 aromatic rings. The second-order valence-corrected chi connectivity index (χ2v) is 5.15. The number of hydrogen-bond acceptors (Lipinski definition) is 1. The lowest BCUT2D eigenvalue weighted by atomic mass is 9.64. The molecule has 1 heteroatoms. The lowest BCUT2D eigenvalue weighted by molar-refractivity contribution is 0.0546. The fourth-order valence-electron chi connectivity index (χ4n) is 2.86. The molecule has 1 saturated heterocycles. The molecule has 1 aliphatic heterocycles. The van der Waals surface area contributed by atoms with Crippen molar-refractivity contribution < 1.29 is 0 Å². The molecule has 0 amide bonds. The molecule has 2 atom stereocenters. The van der Waals surface area contributed by atoms with Crippen LogP contribution in [-0.2, 0) is 0 Å². The van der Waals surface area contributed by atoms with E-state index < -0.39 is 0 Å². The molecule has 1 aliphatic carbocycles. The van der Waals surface area contributed by atoms with Crippen molar-refractivity contribution in [3.63, 3.8) is 0 Å². The molecule has 2 bridgehead atoms. The highest BCUT2D eigenvalue weighted by Crippen LogP contribution is 2.57. The van der Waals surface area contributed by atoms with E-state index in [1.165, 1.54) is 25.9 Å². The highest BCUT2D eigenvalue weighted by atomic mass is 14.9. The average molecular weight is 153 g/mol. The summed E-state index contributed by atoms with van der Waals surface area (Å²) >= 11 is 0. The van der Waals surface area contributed by atoms with Gasteiger partial charge >= 0.3 is 0 Å². The third-order valence-corrected chi connectivity index (χ3v) is 4.53. The molecule has 1 N–H and O–H groups in total. The van der Waals surface area contributed by atoms with Gasteiger partial charge in [0.05, 0.1) is 0 Å². The van der Waals surface area contributed by atoms with E-state index in [2.05, 4.69) is 26.1 Å². The fourth-order valence-corrected chi connectivity index (χ4v) is 2.86. The van der Waals surface area contributed by atoms with Crippen LogP contribution >= 0.6 is 0 Å². The summed E-state index contributed by atoms with van der Waals surface area (Å²) in [6.45, 7) is 9.83. The topological polar surface area (TPSA) is 12.0 Å². The highest BCUT2D eigenvalue weighted by molar-refractivity contribution is 5.04. The lowest BCUT2D eigenvalue weighted by Crippen LogP contribution is -2.49. The molecule has 2 aliphatic rings. The summed E-state index contributed by atoms with van der Waals surface area (Å²) in [6.07, 6.45) is 2.87. The van der Waals surface area contributed by atoms with Gasteiger partial charge in [-0.1, -0.05) is 20.8 Å². The van der Waals surface area contributed by atoms with Crippen molar-refractivity contribution in [3.8, 4) is 0 Å². The van der Waals surface area contributed by atoms with E-state index in [1.807, 2.05) is 0 Å². The number of hydrogen-bond donors (Lipinski definition) is 1. The Morgan fingerprint density at radius 1 is 1.27 bits per heavy atom. The first kappa shape index (κ1) is 7.60. The predicted octanol–water partition coefficient (Wildman–Crippen LogP) is 2.03. The third-order valence-electron chi connectivity index (χ3n) is 4.53. The average Bonchev–Trinajstić information content (AvgIpc) is 2.17. The summed E-state index contributed by atoms with van der Waals surface area (Å²) < 4.78 is 0. The quantitative estimate of drug-likeness (QED) is 0.561. The second-order valence-electron chi connectivity index (χ2n) is 5.15. The molecular weight excluding hydrogens is 134 g/mol. The molecule has 0 spiro atoms. The molecule has 64 valence electrons. The molecule has 1 heterocycles. The van der Waals surface area contributed by atoms with Crippen molar-refractivity contribution in [2.75, 3.05) is 13.1 Å². The van der Waals surface area contributed by atoms with Crippen LogP contribution in [0.4, 0.5) is 0 Å². The van der Waals surface area contributed by atoms with E-state index in [9.17, 15) is 0 Å². The zero-order chi connectivity index (χ0) is 8.11. The van der Waals surface area contributed by atoms with Gasteiger partial charge in [0.2, 0.25) is 0 Å². The van der Waals surface area contributed by atoms with Gasteiger partial charge in [-0.15, -0.1) is 0 Å². The predicted molar refractivity (Wildman–Crippen MR) is 47.5 cm³/mol. The largest absolute Gasteiger partial charge is 0.316 e. The zero-order valence-electron chi connectivity index (χ0n) is 7.91. The minimum atomic E-state index is 0.579. The van der Waals surface area contributed by atoms with Gasteiger partial charge < -0.3 is 5.32 Å². The Morgan fingerprint density at radius 3 is 2.55 bits per heavy atom. The Kier molecular flexibility index (Phi) is 1.39. The summed E-state index contributed by atoms with van der Waals surface area (Å²) in [5, 5.41) is 3.54. The van der Waals surface area contributed by atoms with Crippen LogP contribution < -0.4 is 5.32 Å². The lowest BCUT2D eigenvalue weighted by Gasteiger charge is -2.46. The van der Waals surface area contributed by atoms with Crippen LogP contribution in [-0.4, -0.2) is 13.1 Å². The first-order chi connectivity index (χ1) is 5.06. The molecule has 0 aromatic carbocycles. The minimum Gasteiger partial charge on any atom is -0.316 e. The van der Waals surface area contributed by atoms with Gasteiger partial charge in [-0.05, 0) is 36.1 Å². The van der Waals surface area contributed by atoms with Crippen molar-refractivity contribution in [2.24, 2.45) is 16.7 Å². The van der Waals surface area contributed by atoms with Crippen molar-refractivity contribution in [2.45, 2.75) is 33.6 Å². The Hall–Kier alpha value is -0.0400. The fraction of sp³-hybridized carbons (Fsp3) is 1.00. The molecule has 1 unspecified atom stereocenters. The smallest absolute Gasteiger partial charge is 0.00105 e. The maximum Gasteiger partial charge on any atom is 0.00105 e. The summed E-state index contributed by atoms with van der Waals surface area (Å²) in [5.74, 6) is 0.932. The second kappa shape index (κ2) is 2.01. The zero-order valence-corrected chi connectivity index (χ0v) is 7.91. The summed E-state index contributed by atoms with van der Waals surface area (Å²) in [5.41, 5.74) is 1.16. The van der Waals surface area contributed by atoms with E-state index in [4.69, 9.17) is 0 Å². The summed E-state index contributed by atoms with van der Waals surface area (Å²) in [4.78, 5) is 0. The summed E-state index contributed by atoms with van der Waals surface area (Å²) in [7, 11) is 0. The highest BCUT2D eigenvalue weighted by Gasteiger charge is 2.53. The molecule has 0 radical (unpaired) electrons. The molecule has 1 nitrogen and oxygen atoms in total. The Bertz CT molecular complexity index is 167. The van der Waals surface area contributed by atoms with E-state index in [0.717, 1.165) is 5.92 Å². The number of piperidine rings is 1. The van der Waals surface area contributed by atoms with E-state index in [-0.39, 0.29) is 0 Å². The Morgan fingerprint density at radius 2 is 2.00 bits per heavy atom. The van der Waals surface area contributed by atoms with Gasteiger partial charge in [0.25, 0.3) is 0 Å². The van der Waals surface area contributed by atoms with Crippen molar-refractivity contribution in [1.82, 2.24) is 5.32 Å². The molecule has 0 aromatic heterocycles. The van der Waals surface area contributed by atoms with Crippen LogP contribution in [0.2, 0.25) is 0 Å². The van der Waals surface area contributed by atoms with E-state index in [1.54, 1.807) is 0 Å². The maximum absolute atomic E-state index is 3.54. The summed E-state index contributed by atoms with van der Waals surface area (Å²) in [6, 6.07) is 0. The molecule has 1 saturated carbocycles. The van der Waals surface area contributed by atoms with Crippen molar-refractivity contribution in [3.05, 3.63) is 0 Å². The Balaban J connectivity index is 2.33.